The summed E-state index contributed by atoms with van der Waals surface area (Å²) in [5.41, 5.74) is 2.29. The number of imidazole rings is 1. The molecular weight excluding hydrogens is 302 g/mol. The molecule has 0 spiro atoms. The van der Waals surface area contributed by atoms with E-state index in [-0.39, 0.29) is 4.90 Å². The molecule has 3 N–H and O–H groups in total. The Bertz CT molecular complexity index is 1080. The first-order chi connectivity index (χ1) is 10.6. The van der Waals surface area contributed by atoms with E-state index in [1.54, 1.807) is 30.5 Å². The fraction of sp³-hybridized carbons (Fsp3) is 0. The van der Waals surface area contributed by atoms with Crippen LogP contribution in [0.1, 0.15) is 0 Å². The summed E-state index contributed by atoms with van der Waals surface area (Å²) in [6.07, 6.45) is 4.57. The predicted molar refractivity (Wildman–Crippen MR) is 83.0 cm³/mol. The minimum Gasteiger partial charge on any atom is -0.345 e. The van der Waals surface area contributed by atoms with Gasteiger partial charge in [0, 0.05) is 17.8 Å². The fourth-order valence-electron chi connectivity index (χ4n) is 2.40. The number of aromatic nitrogens is 4. The standard InChI is InChI=1S/C14H11N5O2S/c20-22(21,12-7-16-14-9(12)3-2-6-15-14)19-11-5-1-4-10-13(11)18-8-17-10/h1-8,19H,(H,15,16)(H,17,18). The summed E-state index contributed by atoms with van der Waals surface area (Å²) in [5.74, 6) is 0. The Morgan fingerprint density at radius 3 is 2.86 bits per heavy atom. The lowest BCUT2D eigenvalue weighted by atomic mass is 10.3. The van der Waals surface area contributed by atoms with Gasteiger partial charge < -0.3 is 9.97 Å². The molecule has 0 aliphatic rings. The number of H-pyrrole nitrogens is 2. The van der Waals surface area contributed by atoms with Gasteiger partial charge in [-0.25, -0.2) is 18.4 Å². The molecule has 8 heteroatoms. The van der Waals surface area contributed by atoms with Crippen LogP contribution in [0.3, 0.4) is 0 Å². The molecule has 4 rings (SSSR count). The van der Waals surface area contributed by atoms with E-state index >= 15 is 0 Å². The van der Waals surface area contributed by atoms with Crippen LogP contribution in [0, 0.1) is 0 Å². The number of nitrogens with zero attached hydrogens (tertiary/aromatic N) is 2. The molecule has 0 saturated heterocycles. The van der Waals surface area contributed by atoms with Gasteiger partial charge in [-0.15, -0.1) is 0 Å². The molecule has 7 nitrogen and oxygen atoms in total. The quantitative estimate of drug-likeness (QED) is 0.539. The SMILES string of the molecule is O=S(=O)(Nc1cccc2[nH]cnc12)c1c[nH]c2ncccc12. The molecule has 0 radical (unpaired) electrons. The highest BCUT2D eigenvalue weighted by Gasteiger charge is 2.20. The number of rotatable bonds is 3. The number of pyridine rings is 1. The van der Waals surface area contributed by atoms with Crippen LogP contribution in [0.5, 0.6) is 0 Å². The molecule has 3 heterocycles. The Balaban J connectivity index is 1.83. The Labute approximate surface area is 125 Å². The van der Waals surface area contributed by atoms with E-state index in [0.717, 1.165) is 5.52 Å². The Hall–Kier alpha value is -2.87. The van der Waals surface area contributed by atoms with Crippen molar-refractivity contribution >= 4 is 37.8 Å². The molecule has 22 heavy (non-hydrogen) atoms. The first kappa shape index (κ1) is 12.8. The molecule has 0 amide bonds. The third-order valence-electron chi connectivity index (χ3n) is 3.40. The molecule has 0 bridgehead atoms. The van der Waals surface area contributed by atoms with Gasteiger partial charge in [0.1, 0.15) is 16.1 Å². The topological polar surface area (TPSA) is 104 Å². The molecule has 0 unspecified atom stereocenters. The maximum absolute atomic E-state index is 12.6. The van der Waals surface area contributed by atoms with E-state index in [4.69, 9.17) is 0 Å². The van der Waals surface area contributed by atoms with Gasteiger partial charge >= 0.3 is 0 Å². The van der Waals surface area contributed by atoms with Crippen molar-refractivity contribution < 1.29 is 8.42 Å². The van der Waals surface area contributed by atoms with E-state index in [0.29, 0.717) is 22.2 Å². The molecule has 0 saturated carbocycles. The van der Waals surface area contributed by atoms with Crippen molar-refractivity contribution in [2.24, 2.45) is 0 Å². The molecular formula is C14H11N5O2S. The van der Waals surface area contributed by atoms with Gasteiger partial charge in [-0.1, -0.05) is 6.07 Å². The number of anilines is 1. The number of hydrogen-bond acceptors (Lipinski definition) is 4. The zero-order chi connectivity index (χ0) is 15.2. The molecule has 0 fully saturated rings. The van der Waals surface area contributed by atoms with Crippen molar-refractivity contribution in [3.8, 4) is 0 Å². The van der Waals surface area contributed by atoms with E-state index in [1.165, 1.54) is 12.5 Å². The van der Waals surface area contributed by atoms with E-state index < -0.39 is 10.0 Å². The van der Waals surface area contributed by atoms with Crippen molar-refractivity contribution in [3.05, 3.63) is 49.1 Å². The largest absolute Gasteiger partial charge is 0.345 e. The average Bonchev–Trinajstić information content (AvgIpc) is 3.14. The summed E-state index contributed by atoms with van der Waals surface area (Å²) >= 11 is 0. The summed E-state index contributed by atoms with van der Waals surface area (Å²) in [6.45, 7) is 0. The Kier molecular flexibility index (Phi) is 2.67. The van der Waals surface area contributed by atoms with Gasteiger partial charge in [-0.2, -0.15) is 0 Å². The number of para-hydroxylation sites is 1. The lowest BCUT2D eigenvalue weighted by Gasteiger charge is -2.07. The summed E-state index contributed by atoms with van der Waals surface area (Å²) in [7, 11) is -3.74. The highest BCUT2D eigenvalue weighted by atomic mass is 32.2. The zero-order valence-corrected chi connectivity index (χ0v) is 12.1. The van der Waals surface area contributed by atoms with Crippen LogP contribution >= 0.6 is 0 Å². The maximum Gasteiger partial charge on any atom is 0.264 e. The van der Waals surface area contributed by atoms with Gasteiger partial charge in [0.25, 0.3) is 10.0 Å². The van der Waals surface area contributed by atoms with Gasteiger partial charge in [0.2, 0.25) is 0 Å². The van der Waals surface area contributed by atoms with Crippen LogP contribution in [0.15, 0.2) is 53.9 Å². The van der Waals surface area contributed by atoms with Crippen molar-refractivity contribution in [3.63, 3.8) is 0 Å². The summed E-state index contributed by atoms with van der Waals surface area (Å²) in [5, 5.41) is 0.546. The van der Waals surface area contributed by atoms with Gasteiger partial charge in [0.15, 0.2) is 0 Å². The molecule has 110 valence electrons. The number of nitrogens with one attached hydrogen (secondary N) is 3. The predicted octanol–water partition coefficient (Wildman–Crippen LogP) is 2.24. The van der Waals surface area contributed by atoms with Crippen LogP contribution in [0.4, 0.5) is 5.69 Å². The van der Waals surface area contributed by atoms with Crippen molar-refractivity contribution in [2.75, 3.05) is 4.72 Å². The highest BCUT2D eigenvalue weighted by molar-refractivity contribution is 7.93. The van der Waals surface area contributed by atoms with Crippen molar-refractivity contribution in [1.82, 2.24) is 19.9 Å². The smallest absolute Gasteiger partial charge is 0.264 e. The van der Waals surface area contributed by atoms with Crippen LogP contribution in [-0.4, -0.2) is 28.4 Å². The molecule has 0 aliphatic carbocycles. The lowest BCUT2D eigenvalue weighted by Crippen LogP contribution is -2.12. The third-order valence-corrected chi connectivity index (χ3v) is 4.80. The van der Waals surface area contributed by atoms with Crippen LogP contribution in [0.2, 0.25) is 0 Å². The minimum atomic E-state index is -3.74. The first-order valence-corrected chi connectivity index (χ1v) is 8.00. The lowest BCUT2D eigenvalue weighted by molar-refractivity contribution is 0.602. The van der Waals surface area contributed by atoms with Gasteiger partial charge in [0.05, 0.1) is 17.5 Å². The van der Waals surface area contributed by atoms with E-state index in [9.17, 15) is 8.42 Å². The fourth-order valence-corrected chi connectivity index (χ4v) is 3.63. The molecule has 0 atom stereocenters. The van der Waals surface area contributed by atoms with Crippen LogP contribution < -0.4 is 4.72 Å². The second-order valence-electron chi connectivity index (χ2n) is 4.76. The highest BCUT2D eigenvalue weighted by Crippen LogP contribution is 2.26. The zero-order valence-electron chi connectivity index (χ0n) is 11.2. The number of fused-ring (bicyclic) bond motifs is 2. The average molecular weight is 313 g/mol. The second kappa shape index (κ2) is 4.57. The van der Waals surface area contributed by atoms with Gasteiger partial charge in [-0.3, -0.25) is 4.72 Å². The molecule has 3 aromatic heterocycles. The van der Waals surface area contributed by atoms with Crippen molar-refractivity contribution in [1.29, 1.82) is 0 Å². The first-order valence-electron chi connectivity index (χ1n) is 6.52. The van der Waals surface area contributed by atoms with E-state index in [1.807, 2.05) is 6.07 Å². The number of sulfonamides is 1. The normalized spacial score (nSPS) is 12.0. The molecule has 0 aliphatic heterocycles. The Morgan fingerprint density at radius 1 is 1.05 bits per heavy atom. The summed E-state index contributed by atoms with van der Waals surface area (Å²) in [4.78, 5) is 14.2. The maximum atomic E-state index is 12.6. The Morgan fingerprint density at radius 2 is 1.95 bits per heavy atom. The number of hydrogen-bond donors (Lipinski definition) is 3. The molecule has 4 aromatic rings. The van der Waals surface area contributed by atoms with Gasteiger partial charge in [-0.05, 0) is 24.3 Å². The minimum absolute atomic E-state index is 0.156. The second-order valence-corrected chi connectivity index (χ2v) is 6.41. The van der Waals surface area contributed by atoms with Crippen LogP contribution in [0.25, 0.3) is 22.1 Å². The van der Waals surface area contributed by atoms with Crippen LogP contribution in [-0.2, 0) is 10.0 Å². The monoisotopic (exact) mass is 313 g/mol. The number of benzene rings is 1. The summed E-state index contributed by atoms with van der Waals surface area (Å²) in [6, 6.07) is 8.67. The van der Waals surface area contributed by atoms with Crippen molar-refractivity contribution in [2.45, 2.75) is 4.90 Å². The number of aromatic amines is 2. The third kappa shape index (κ3) is 1.92. The summed E-state index contributed by atoms with van der Waals surface area (Å²) < 4.78 is 27.9. The molecule has 1 aromatic carbocycles. The van der Waals surface area contributed by atoms with E-state index in [2.05, 4.69) is 24.7 Å².